The maximum absolute atomic E-state index is 12.8. The maximum Gasteiger partial charge on any atom is 0.251 e. The topological polar surface area (TPSA) is 54.0 Å². The van der Waals surface area contributed by atoms with Crippen LogP contribution in [0.5, 0.6) is 0 Å². The molecular formula is C20H23N3OS. The normalized spacial score (nSPS) is 22.8. The average molecular weight is 353 g/mol. The maximum atomic E-state index is 12.8. The average Bonchev–Trinajstić information content (AvgIpc) is 2.69. The summed E-state index contributed by atoms with van der Waals surface area (Å²) in [6, 6.07) is 13.3. The molecule has 0 bridgehead atoms. The van der Waals surface area contributed by atoms with Crippen molar-refractivity contribution in [1.29, 1.82) is 0 Å². The highest BCUT2D eigenvalue weighted by Gasteiger charge is 2.46. The van der Waals surface area contributed by atoms with Crippen LogP contribution in [-0.2, 0) is 5.41 Å². The van der Waals surface area contributed by atoms with Gasteiger partial charge in [0.2, 0.25) is 0 Å². The number of hydrogen-bond donors (Lipinski definition) is 2. The van der Waals surface area contributed by atoms with Gasteiger partial charge in [0, 0.05) is 31.0 Å². The molecule has 2 atom stereocenters. The van der Waals surface area contributed by atoms with Crippen LogP contribution in [0.25, 0.3) is 0 Å². The predicted octanol–water partition coefficient (Wildman–Crippen LogP) is 3.24. The summed E-state index contributed by atoms with van der Waals surface area (Å²) in [6.45, 7) is 0. The van der Waals surface area contributed by atoms with Gasteiger partial charge in [0.1, 0.15) is 0 Å². The van der Waals surface area contributed by atoms with E-state index in [9.17, 15) is 4.79 Å². The van der Waals surface area contributed by atoms with Crippen LogP contribution in [0.3, 0.4) is 0 Å². The molecule has 2 aromatic rings. The van der Waals surface area contributed by atoms with Gasteiger partial charge in [0.15, 0.2) is 0 Å². The van der Waals surface area contributed by atoms with E-state index in [-0.39, 0.29) is 11.9 Å². The van der Waals surface area contributed by atoms with Crippen molar-refractivity contribution < 1.29 is 4.79 Å². The monoisotopic (exact) mass is 353 g/mol. The number of pyridine rings is 1. The van der Waals surface area contributed by atoms with Gasteiger partial charge in [-0.05, 0) is 36.6 Å². The highest BCUT2D eigenvalue weighted by atomic mass is 32.1. The first-order valence-corrected chi connectivity index (χ1v) is 9.08. The Morgan fingerprint density at radius 2 is 2.00 bits per heavy atom. The van der Waals surface area contributed by atoms with Crippen LogP contribution in [0.15, 0.2) is 54.9 Å². The van der Waals surface area contributed by atoms with E-state index < -0.39 is 5.41 Å². The van der Waals surface area contributed by atoms with Crippen molar-refractivity contribution >= 4 is 23.1 Å². The zero-order valence-electron chi connectivity index (χ0n) is 14.4. The van der Waals surface area contributed by atoms with Gasteiger partial charge in [-0.25, -0.2) is 0 Å². The van der Waals surface area contributed by atoms with E-state index in [1.807, 2.05) is 49.6 Å². The van der Waals surface area contributed by atoms with E-state index in [4.69, 9.17) is 12.2 Å². The largest absolute Gasteiger partial charge is 0.382 e. The molecule has 1 fully saturated rings. The standard InChI is InChI=1S/C20H23N3OS/c1-21-19(25)20(16-10-7-13-22-14-16)12-6-5-11-17(20)23-18(24)15-8-3-2-4-9-15/h2-4,7-10,13-14,17H,5-6,11-12H2,1H3,(H,21,25)(H,23,24)/t17-,20+/m0/s1. The zero-order chi connectivity index (χ0) is 17.7. The van der Waals surface area contributed by atoms with Gasteiger partial charge in [-0.2, -0.15) is 0 Å². The van der Waals surface area contributed by atoms with Crippen LogP contribution < -0.4 is 10.6 Å². The molecule has 5 heteroatoms. The number of likely N-dealkylation sites (N-methyl/N-ethyl adjacent to an activating group) is 1. The molecule has 1 aliphatic rings. The second kappa shape index (κ2) is 7.74. The number of nitrogens with one attached hydrogen (secondary N) is 2. The van der Waals surface area contributed by atoms with Crippen molar-refractivity contribution in [2.45, 2.75) is 37.1 Å². The molecule has 1 saturated carbocycles. The predicted molar refractivity (Wildman–Crippen MR) is 104 cm³/mol. The van der Waals surface area contributed by atoms with Gasteiger partial charge in [0.05, 0.1) is 10.4 Å². The van der Waals surface area contributed by atoms with Gasteiger partial charge in [-0.3, -0.25) is 9.78 Å². The third kappa shape index (κ3) is 3.42. The third-order valence-corrected chi connectivity index (χ3v) is 5.63. The molecule has 2 N–H and O–H groups in total. The second-order valence-electron chi connectivity index (χ2n) is 6.43. The number of thiocarbonyl (C=S) groups is 1. The fourth-order valence-electron chi connectivity index (χ4n) is 3.80. The summed E-state index contributed by atoms with van der Waals surface area (Å²) in [5.74, 6) is -0.0559. The quantitative estimate of drug-likeness (QED) is 0.829. The summed E-state index contributed by atoms with van der Waals surface area (Å²) < 4.78 is 0. The Kier molecular flexibility index (Phi) is 5.43. The molecule has 0 unspecified atom stereocenters. The Morgan fingerprint density at radius 1 is 1.20 bits per heavy atom. The number of rotatable bonds is 4. The molecule has 130 valence electrons. The van der Waals surface area contributed by atoms with Crippen molar-refractivity contribution in [1.82, 2.24) is 15.6 Å². The molecule has 4 nitrogen and oxygen atoms in total. The van der Waals surface area contributed by atoms with E-state index in [1.54, 1.807) is 6.20 Å². The lowest BCUT2D eigenvalue weighted by Gasteiger charge is -2.45. The van der Waals surface area contributed by atoms with E-state index in [1.165, 1.54) is 0 Å². The summed E-state index contributed by atoms with van der Waals surface area (Å²) in [7, 11) is 1.85. The van der Waals surface area contributed by atoms with Crippen molar-refractivity contribution in [3.8, 4) is 0 Å². The molecular weight excluding hydrogens is 330 g/mol. The van der Waals surface area contributed by atoms with Crippen LogP contribution >= 0.6 is 12.2 Å². The van der Waals surface area contributed by atoms with E-state index in [0.29, 0.717) is 5.56 Å². The molecule has 1 aliphatic carbocycles. The number of amides is 1. The minimum absolute atomic E-state index is 0.0559. The smallest absolute Gasteiger partial charge is 0.251 e. The lowest BCUT2D eigenvalue weighted by Crippen LogP contribution is -2.58. The van der Waals surface area contributed by atoms with Gasteiger partial charge < -0.3 is 10.6 Å². The summed E-state index contributed by atoms with van der Waals surface area (Å²) in [5.41, 5.74) is 1.32. The zero-order valence-corrected chi connectivity index (χ0v) is 15.2. The minimum Gasteiger partial charge on any atom is -0.382 e. The number of carbonyl (C=O) groups excluding carboxylic acids is 1. The van der Waals surface area contributed by atoms with Gasteiger partial charge >= 0.3 is 0 Å². The van der Waals surface area contributed by atoms with Crippen LogP contribution in [0, 0.1) is 0 Å². The summed E-state index contributed by atoms with van der Waals surface area (Å²) in [4.78, 5) is 17.8. The molecule has 0 saturated heterocycles. The van der Waals surface area contributed by atoms with Crippen molar-refractivity contribution in [3.63, 3.8) is 0 Å². The van der Waals surface area contributed by atoms with Gasteiger partial charge in [-0.1, -0.05) is 49.3 Å². The molecule has 25 heavy (non-hydrogen) atoms. The van der Waals surface area contributed by atoms with Crippen LogP contribution in [0.4, 0.5) is 0 Å². The summed E-state index contributed by atoms with van der Waals surface area (Å²) >= 11 is 5.73. The van der Waals surface area contributed by atoms with Gasteiger partial charge in [-0.15, -0.1) is 0 Å². The SMILES string of the molecule is CNC(=S)[C@@]1(c2cccnc2)CCCC[C@@H]1NC(=O)c1ccccc1. The molecule has 1 heterocycles. The first kappa shape index (κ1) is 17.5. The van der Waals surface area contributed by atoms with E-state index in [0.717, 1.165) is 36.2 Å². The van der Waals surface area contributed by atoms with Crippen LogP contribution in [0.1, 0.15) is 41.6 Å². The Hall–Kier alpha value is -2.27. The summed E-state index contributed by atoms with van der Waals surface area (Å²) in [6.07, 6.45) is 7.59. The van der Waals surface area contributed by atoms with Crippen molar-refractivity contribution in [2.24, 2.45) is 0 Å². The number of aromatic nitrogens is 1. The minimum atomic E-state index is -0.416. The molecule has 1 amide bonds. The first-order valence-electron chi connectivity index (χ1n) is 8.67. The van der Waals surface area contributed by atoms with Crippen LogP contribution in [0.2, 0.25) is 0 Å². The third-order valence-electron chi connectivity index (χ3n) is 5.06. The Morgan fingerprint density at radius 3 is 2.68 bits per heavy atom. The summed E-state index contributed by atoms with van der Waals surface area (Å²) in [5, 5.41) is 6.41. The molecule has 1 aromatic carbocycles. The highest BCUT2D eigenvalue weighted by Crippen LogP contribution is 2.40. The van der Waals surface area contributed by atoms with Crippen molar-refractivity contribution in [3.05, 3.63) is 66.0 Å². The fourth-order valence-corrected chi connectivity index (χ4v) is 4.16. The number of benzene rings is 1. The van der Waals surface area contributed by atoms with Gasteiger partial charge in [0.25, 0.3) is 5.91 Å². The Balaban J connectivity index is 1.97. The van der Waals surface area contributed by atoms with E-state index >= 15 is 0 Å². The molecule has 0 aliphatic heterocycles. The number of carbonyl (C=O) groups is 1. The molecule has 3 rings (SSSR count). The molecule has 1 aromatic heterocycles. The second-order valence-corrected chi connectivity index (χ2v) is 6.84. The number of nitrogens with zero attached hydrogens (tertiary/aromatic N) is 1. The Labute approximate surface area is 154 Å². The first-order chi connectivity index (χ1) is 12.2. The molecule has 0 spiro atoms. The van der Waals surface area contributed by atoms with Crippen molar-refractivity contribution in [2.75, 3.05) is 7.05 Å². The van der Waals surface area contributed by atoms with E-state index in [2.05, 4.69) is 21.7 Å². The lowest BCUT2D eigenvalue weighted by atomic mass is 9.66. The fraction of sp³-hybridized carbons (Fsp3) is 0.350. The lowest BCUT2D eigenvalue weighted by molar-refractivity contribution is 0.0909. The van der Waals surface area contributed by atoms with Crippen LogP contribution in [-0.4, -0.2) is 29.0 Å². The highest BCUT2D eigenvalue weighted by molar-refractivity contribution is 7.80. The number of hydrogen-bond acceptors (Lipinski definition) is 3. The molecule has 0 radical (unpaired) electrons. The Bertz CT molecular complexity index is 735.